The van der Waals surface area contributed by atoms with Gasteiger partial charge in [-0.05, 0) is 48.4 Å². The van der Waals surface area contributed by atoms with Crippen molar-refractivity contribution in [2.24, 2.45) is 0 Å². The maximum Gasteiger partial charge on any atom is 0.0654 e. The highest BCUT2D eigenvalue weighted by atomic mass is 16.3. The lowest BCUT2D eigenvalue weighted by Gasteiger charge is -2.41. The van der Waals surface area contributed by atoms with Crippen LogP contribution in [0.15, 0.2) is 66.4 Å². The van der Waals surface area contributed by atoms with Gasteiger partial charge in [0.25, 0.3) is 0 Å². The van der Waals surface area contributed by atoms with Gasteiger partial charge in [0.1, 0.15) is 0 Å². The van der Waals surface area contributed by atoms with E-state index in [0.717, 1.165) is 18.5 Å². The van der Waals surface area contributed by atoms with Gasteiger partial charge in [-0.3, -0.25) is 4.90 Å². The van der Waals surface area contributed by atoms with Crippen LogP contribution in [0.3, 0.4) is 0 Å². The zero-order valence-corrected chi connectivity index (χ0v) is 14.4. The molecular weight excluding hydrogens is 308 g/mol. The molecule has 1 aliphatic carbocycles. The third-order valence-electron chi connectivity index (χ3n) is 5.81. The molecule has 0 fully saturated rings. The van der Waals surface area contributed by atoms with Crippen LogP contribution in [0, 0.1) is 0 Å². The number of para-hydroxylation sites is 1. The molecule has 0 unspecified atom stereocenters. The molecule has 0 saturated heterocycles. The Bertz CT molecular complexity index is 970. The number of fused-ring (bicyclic) bond motifs is 2. The van der Waals surface area contributed by atoms with Gasteiger partial charge in [-0.2, -0.15) is 0 Å². The number of rotatable bonds is 2. The third kappa shape index (κ3) is 2.20. The second-order valence-electron chi connectivity index (χ2n) is 7.30. The van der Waals surface area contributed by atoms with E-state index in [0.29, 0.717) is 12.0 Å². The molecule has 3 aromatic rings. The lowest BCUT2D eigenvalue weighted by Crippen LogP contribution is -2.44. The molecule has 0 radical (unpaired) electrons. The van der Waals surface area contributed by atoms with Crippen molar-refractivity contribution >= 4 is 10.9 Å². The smallest absolute Gasteiger partial charge is 0.0654 e. The summed E-state index contributed by atoms with van der Waals surface area (Å²) in [5, 5.41) is 11.0. The molecule has 1 aliphatic heterocycles. The minimum atomic E-state index is 0.154. The van der Waals surface area contributed by atoms with Crippen LogP contribution in [-0.2, 0) is 6.42 Å². The van der Waals surface area contributed by atoms with Crippen LogP contribution in [0.4, 0.5) is 0 Å². The Hall–Kier alpha value is -2.36. The molecule has 0 spiro atoms. The van der Waals surface area contributed by atoms with Gasteiger partial charge >= 0.3 is 0 Å². The average Bonchev–Trinajstić information content (AvgIpc) is 3.03. The largest absolute Gasteiger partial charge is 0.392 e. The van der Waals surface area contributed by atoms with Gasteiger partial charge in [0, 0.05) is 35.8 Å². The van der Waals surface area contributed by atoms with E-state index in [4.69, 9.17) is 0 Å². The van der Waals surface area contributed by atoms with E-state index in [9.17, 15) is 5.11 Å². The first-order valence-electron chi connectivity index (χ1n) is 8.95. The van der Waals surface area contributed by atoms with Crippen LogP contribution in [0.5, 0.6) is 0 Å². The second kappa shape index (κ2) is 5.58. The van der Waals surface area contributed by atoms with Crippen LogP contribution in [0.25, 0.3) is 16.6 Å². The molecule has 2 aliphatic rings. The summed E-state index contributed by atoms with van der Waals surface area (Å²) in [6.07, 6.45) is 5.69. The normalized spacial score (nSPS) is 22.7. The minimum Gasteiger partial charge on any atom is -0.392 e. The number of hydrogen-bond donors (Lipinski definition) is 1. The molecule has 2 atom stereocenters. The highest BCUT2D eigenvalue weighted by Gasteiger charge is 2.36. The number of nitrogens with zero attached hydrogens (tertiary/aromatic N) is 2. The molecule has 1 aromatic heterocycles. The van der Waals surface area contributed by atoms with Gasteiger partial charge < -0.3 is 9.67 Å². The van der Waals surface area contributed by atoms with Crippen LogP contribution in [-0.4, -0.2) is 40.8 Å². The summed E-state index contributed by atoms with van der Waals surface area (Å²) in [6.45, 7) is 1.02. The Labute approximate surface area is 147 Å². The molecular formula is C22H22N2O. The average molecular weight is 330 g/mol. The van der Waals surface area contributed by atoms with Gasteiger partial charge in [-0.1, -0.05) is 36.4 Å². The highest BCUT2D eigenvalue weighted by Crippen LogP contribution is 2.43. The van der Waals surface area contributed by atoms with Crippen molar-refractivity contribution in [2.45, 2.75) is 18.4 Å². The molecule has 5 rings (SSSR count). The number of aliphatic hydroxyl groups excluding tert-OH is 1. The Balaban J connectivity index is 1.74. The third-order valence-corrected chi connectivity index (χ3v) is 5.81. The summed E-state index contributed by atoms with van der Waals surface area (Å²) in [5.74, 6) is 0.365. The Morgan fingerprint density at radius 1 is 1.08 bits per heavy atom. The van der Waals surface area contributed by atoms with Crippen LogP contribution in [0.2, 0.25) is 0 Å². The number of aromatic nitrogens is 1. The number of hydrogen-bond acceptors (Lipinski definition) is 2. The van der Waals surface area contributed by atoms with Crippen LogP contribution >= 0.6 is 0 Å². The highest BCUT2D eigenvalue weighted by molar-refractivity contribution is 5.90. The Morgan fingerprint density at radius 3 is 2.72 bits per heavy atom. The molecule has 0 amide bonds. The summed E-state index contributed by atoms with van der Waals surface area (Å²) in [7, 11) is 2.18. The van der Waals surface area contributed by atoms with Crippen molar-refractivity contribution in [2.75, 3.05) is 20.2 Å². The summed E-state index contributed by atoms with van der Waals surface area (Å²) in [4.78, 5) is 2.40. The van der Waals surface area contributed by atoms with Crippen LogP contribution < -0.4 is 0 Å². The summed E-state index contributed by atoms with van der Waals surface area (Å²) < 4.78 is 2.32. The lowest BCUT2D eigenvalue weighted by molar-refractivity contribution is 0.208. The van der Waals surface area contributed by atoms with Crippen molar-refractivity contribution < 1.29 is 5.11 Å². The maximum atomic E-state index is 9.64. The van der Waals surface area contributed by atoms with E-state index in [2.05, 4.69) is 77.3 Å². The summed E-state index contributed by atoms with van der Waals surface area (Å²) in [6, 6.07) is 17.7. The van der Waals surface area contributed by atoms with Gasteiger partial charge in [0.05, 0.1) is 12.1 Å². The number of aliphatic hydroxyl groups is 1. The molecule has 3 heteroatoms. The Kier molecular flexibility index (Phi) is 3.34. The fourth-order valence-electron chi connectivity index (χ4n) is 4.67. The van der Waals surface area contributed by atoms with Crippen molar-refractivity contribution in [3.8, 4) is 5.69 Å². The van der Waals surface area contributed by atoms with E-state index < -0.39 is 0 Å². The van der Waals surface area contributed by atoms with Gasteiger partial charge in [-0.25, -0.2) is 0 Å². The predicted octanol–water partition coefficient (Wildman–Crippen LogP) is 3.50. The maximum absolute atomic E-state index is 9.64. The summed E-state index contributed by atoms with van der Waals surface area (Å²) in [5.41, 5.74) is 6.45. The van der Waals surface area contributed by atoms with E-state index in [1.165, 1.54) is 27.7 Å². The first-order valence-corrected chi connectivity index (χ1v) is 8.95. The molecule has 3 nitrogen and oxygen atoms in total. The van der Waals surface area contributed by atoms with Gasteiger partial charge in [-0.15, -0.1) is 0 Å². The van der Waals surface area contributed by atoms with E-state index in [1.54, 1.807) is 0 Å². The fourth-order valence-corrected chi connectivity index (χ4v) is 4.67. The molecule has 0 saturated carbocycles. The first-order chi connectivity index (χ1) is 12.3. The summed E-state index contributed by atoms with van der Waals surface area (Å²) >= 11 is 0. The van der Waals surface area contributed by atoms with Gasteiger partial charge in [0.2, 0.25) is 0 Å². The molecule has 2 aromatic carbocycles. The zero-order chi connectivity index (χ0) is 17.0. The van der Waals surface area contributed by atoms with Crippen molar-refractivity contribution in [1.29, 1.82) is 0 Å². The van der Waals surface area contributed by atoms with Crippen molar-refractivity contribution in [3.63, 3.8) is 0 Å². The molecule has 0 bridgehead atoms. The molecule has 1 N–H and O–H groups in total. The number of likely N-dealkylation sites (N-methyl/N-ethyl adjacent to an activating group) is 1. The topological polar surface area (TPSA) is 28.4 Å². The monoisotopic (exact) mass is 330 g/mol. The standard InChI is InChI=1S/C22H22N2O/c1-23-12-15(14-25)10-19-18-8-5-9-20-22(18)16(11-21(19)23)13-24(20)17-6-3-2-4-7-17/h2-10,13,19,21,25H,11-12,14H2,1H3/t19-,21-/m1/s1. The second-order valence-corrected chi connectivity index (χ2v) is 7.30. The lowest BCUT2D eigenvalue weighted by atomic mass is 9.77. The first kappa shape index (κ1) is 14.9. The van der Waals surface area contributed by atoms with E-state index >= 15 is 0 Å². The van der Waals surface area contributed by atoms with E-state index in [-0.39, 0.29) is 6.61 Å². The Morgan fingerprint density at radius 2 is 1.92 bits per heavy atom. The van der Waals surface area contributed by atoms with Crippen LogP contribution in [0.1, 0.15) is 17.0 Å². The van der Waals surface area contributed by atoms with E-state index in [1.807, 2.05) is 0 Å². The van der Waals surface area contributed by atoms with Crippen molar-refractivity contribution in [3.05, 3.63) is 77.5 Å². The molecule has 25 heavy (non-hydrogen) atoms. The fraction of sp³-hybridized carbons (Fsp3) is 0.273. The number of benzene rings is 2. The predicted molar refractivity (Wildman–Crippen MR) is 101 cm³/mol. The minimum absolute atomic E-state index is 0.154. The van der Waals surface area contributed by atoms with Gasteiger partial charge in [0.15, 0.2) is 0 Å². The quantitative estimate of drug-likeness (QED) is 0.729. The SMILES string of the molecule is CN1CC(CO)=C[C@@H]2c3cccc4c3c(cn4-c3ccccc3)C[C@H]21. The molecule has 2 heterocycles. The zero-order valence-electron chi connectivity index (χ0n) is 14.4. The molecule has 126 valence electrons. The van der Waals surface area contributed by atoms with Crippen molar-refractivity contribution in [1.82, 2.24) is 9.47 Å².